The van der Waals surface area contributed by atoms with Crippen molar-refractivity contribution in [2.45, 2.75) is 6.42 Å². The topological polar surface area (TPSA) is 39.2 Å². The monoisotopic (exact) mass is 373 g/mol. The zero-order valence-electron chi connectivity index (χ0n) is 14.4. The molecule has 0 unspecified atom stereocenters. The van der Waals surface area contributed by atoms with E-state index in [9.17, 15) is 4.79 Å². The van der Waals surface area contributed by atoms with Crippen LogP contribution in [0.25, 0.3) is 22.0 Å². The van der Waals surface area contributed by atoms with E-state index in [2.05, 4.69) is 4.98 Å². The molecule has 0 aliphatic rings. The van der Waals surface area contributed by atoms with Gasteiger partial charge in [-0.3, -0.25) is 9.78 Å². The highest BCUT2D eigenvalue weighted by molar-refractivity contribution is 6.31. The van der Waals surface area contributed by atoms with Crippen molar-refractivity contribution in [2.24, 2.45) is 0 Å². The third-order valence-electron chi connectivity index (χ3n) is 4.26. The molecule has 0 N–H and O–H groups in total. The van der Waals surface area contributed by atoms with E-state index in [0.29, 0.717) is 16.5 Å². The molecule has 0 spiro atoms. The zero-order valence-corrected chi connectivity index (χ0v) is 15.2. The number of benzene rings is 3. The molecule has 1 aromatic heterocycles. The molecule has 0 fully saturated rings. The fraction of sp³-hybridized carbons (Fsp3) is 0.0435. The summed E-state index contributed by atoms with van der Waals surface area (Å²) >= 11 is 6.11. The molecule has 0 amide bonds. The largest absolute Gasteiger partial charge is 0.423 e. The van der Waals surface area contributed by atoms with Gasteiger partial charge in [-0.1, -0.05) is 72.3 Å². The number of carbonyl (C=O) groups excluding carboxylic acids is 1. The summed E-state index contributed by atoms with van der Waals surface area (Å²) in [4.78, 5) is 17.1. The van der Waals surface area contributed by atoms with Crippen molar-refractivity contribution in [3.05, 3.63) is 95.6 Å². The zero-order chi connectivity index (χ0) is 18.6. The summed E-state index contributed by atoms with van der Waals surface area (Å²) in [6.07, 6.45) is 1.94. The van der Waals surface area contributed by atoms with Crippen LogP contribution in [0, 0.1) is 0 Å². The maximum atomic E-state index is 12.6. The average molecular weight is 374 g/mol. The minimum absolute atomic E-state index is 0.193. The number of rotatable bonds is 4. The van der Waals surface area contributed by atoms with Crippen molar-refractivity contribution in [3.63, 3.8) is 0 Å². The van der Waals surface area contributed by atoms with E-state index >= 15 is 0 Å². The van der Waals surface area contributed by atoms with E-state index in [1.54, 1.807) is 12.3 Å². The molecule has 0 radical (unpaired) electrons. The molecule has 0 atom stereocenters. The summed E-state index contributed by atoms with van der Waals surface area (Å²) in [5.41, 5.74) is 2.42. The van der Waals surface area contributed by atoms with Gasteiger partial charge in [0.25, 0.3) is 0 Å². The quantitative estimate of drug-likeness (QED) is 0.430. The van der Waals surface area contributed by atoms with Crippen molar-refractivity contribution in [1.82, 2.24) is 4.98 Å². The third-order valence-corrected chi connectivity index (χ3v) is 4.50. The molecular weight excluding hydrogens is 358 g/mol. The Morgan fingerprint density at radius 1 is 0.926 bits per heavy atom. The number of carbonyl (C=O) groups is 1. The maximum absolute atomic E-state index is 12.6. The summed E-state index contributed by atoms with van der Waals surface area (Å²) in [7, 11) is 0. The summed E-state index contributed by atoms with van der Waals surface area (Å²) < 4.78 is 5.81. The number of nitrogens with zero attached hydrogens (tertiary/aromatic N) is 1. The fourth-order valence-electron chi connectivity index (χ4n) is 2.98. The number of halogens is 1. The second-order valence-electron chi connectivity index (χ2n) is 6.17. The van der Waals surface area contributed by atoms with Gasteiger partial charge < -0.3 is 4.74 Å². The van der Waals surface area contributed by atoms with Crippen LogP contribution in [0.3, 0.4) is 0 Å². The normalized spacial score (nSPS) is 10.7. The van der Waals surface area contributed by atoms with E-state index in [4.69, 9.17) is 16.3 Å². The molecule has 0 aliphatic heterocycles. The first-order valence-electron chi connectivity index (χ1n) is 8.59. The smallest absolute Gasteiger partial charge is 0.315 e. The first kappa shape index (κ1) is 17.3. The van der Waals surface area contributed by atoms with E-state index in [1.165, 1.54) is 0 Å². The number of ether oxygens (including phenoxy) is 1. The van der Waals surface area contributed by atoms with Crippen molar-refractivity contribution < 1.29 is 9.53 Å². The molecule has 4 aromatic rings. The molecule has 132 valence electrons. The van der Waals surface area contributed by atoms with Gasteiger partial charge in [0.2, 0.25) is 0 Å². The molecule has 4 rings (SSSR count). The molecule has 0 aliphatic carbocycles. The molecule has 1 heterocycles. The Bertz CT molecular complexity index is 1100. The van der Waals surface area contributed by atoms with Crippen LogP contribution in [-0.2, 0) is 11.2 Å². The summed E-state index contributed by atoms with van der Waals surface area (Å²) in [5, 5.41) is 2.23. The lowest BCUT2D eigenvalue weighted by Gasteiger charge is -2.13. The Kier molecular flexibility index (Phi) is 4.86. The lowest BCUT2D eigenvalue weighted by Crippen LogP contribution is -2.12. The number of hydrogen-bond acceptors (Lipinski definition) is 3. The predicted molar refractivity (Wildman–Crippen MR) is 108 cm³/mol. The Balaban J connectivity index is 1.77. The van der Waals surface area contributed by atoms with Crippen molar-refractivity contribution in [1.29, 1.82) is 0 Å². The summed E-state index contributed by atoms with van der Waals surface area (Å²) in [6.45, 7) is 0. The third kappa shape index (κ3) is 3.83. The average Bonchev–Trinajstić information content (AvgIpc) is 2.69. The SMILES string of the molecule is O=C(Cc1ccccc1)Oc1c(-c2ccccc2)ncc2cc(Cl)ccc12. The predicted octanol–water partition coefficient (Wildman–Crippen LogP) is 5.70. The van der Waals surface area contributed by atoms with Gasteiger partial charge in [0.1, 0.15) is 5.69 Å². The first-order valence-corrected chi connectivity index (χ1v) is 8.97. The standard InChI is InChI=1S/C23H16ClNO2/c24-19-11-12-20-18(14-19)15-25-22(17-9-5-2-6-10-17)23(20)27-21(26)13-16-7-3-1-4-8-16/h1-12,14-15H,13H2. The van der Waals surface area contributed by atoms with Gasteiger partial charge in [-0.25, -0.2) is 0 Å². The van der Waals surface area contributed by atoms with Gasteiger partial charge in [-0.2, -0.15) is 0 Å². The lowest BCUT2D eigenvalue weighted by molar-refractivity contribution is -0.133. The van der Waals surface area contributed by atoms with E-state index < -0.39 is 0 Å². The van der Waals surface area contributed by atoms with Crippen LogP contribution in [0.5, 0.6) is 5.75 Å². The number of aromatic nitrogens is 1. The molecule has 0 bridgehead atoms. The second kappa shape index (κ2) is 7.60. The lowest BCUT2D eigenvalue weighted by atomic mass is 10.1. The molecular formula is C23H16ClNO2. The fourth-order valence-corrected chi connectivity index (χ4v) is 3.17. The van der Waals surface area contributed by atoms with Crippen molar-refractivity contribution in [3.8, 4) is 17.0 Å². The van der Waals surface area contributed by atoms with Crippen molar-refractivity contribution >= 4 is 28.3 Å². The van der Waals surface area contributed by atoms with Crippen LogP contribution in [0.1, 0.15) is 5.56 Å². The highest BCUT2D eigenvalue weighted by Crippen LogP contribution is 2.36. The van der Waals surface area contributed by atoms with Crippen LogP contribution in [0.15, 0.2) is 85.1 Å². The van der Waals surface area contributed by atoms with Gasteiger partial charge in [-0.05, 0) is 23.8 Å². The van der Waals surface area contributed by atoms with Crippen LogP contribution >= 0.6 is 11.6 Å². The summed E-state index contributed by atoms with van der Waals surface area (Å²) in [6, 6.07) is 24.7. The number of pyridine rings is 1. The number of fused-ring (bicyclic) bond motifs is 1. The first-order chi connectivity index (χ1) is 13.2. The van der Waals surface area contributed by atoms with Gasteiger partial charge in [0.15, 0.2) is 5.75 Å². The van der Waals surface area contributed by atoms with Gasteiger partial charge >= 0.3 is 5.97 Å². The highest BCUT2D eigenvalue weighted by atomic mass is 35.5. The van der Waals surface area contributed by atoms with Crippen LogP contribution in [0.4, 0.5) is 0 Å². The van der Waals surface area contributed by atoms with Crippen molar-refractivity contribution in [2.75, 3.05) is 0 Å². The molecule has 27 heavy (non-hydrogen) atoms. The van der Waals surface area contributed by atoms with Gasteiger partial charge in [0, 0.05) is 27.6 Å². The molecule has 4 heteroatoms. The van der Waals surface area contributed by atoms with Crippen LogP contribution < -0.4 is 4.74 Å². The highest BCUT2D eigenvalue weighted by Gasteiger charge is 2.17. The Labute approximate surface area is 162 Å². The van der Waals surface area contributed by atoms with Gasteiger partial charge in [-0.15, -0.1) is 0 Å². The number of hydrogen-bond donors (Lipinski definition) is 0. The Hall–Kier alpha value is -3.17. The van der Waals surface area contributed by atoms with E-state index in [-0.39, 0.29) is 12.4 Å². The van der Waals surface area contributed by atoms with Crippen LogP contribution in [-0.4, -0.2) is 11.0 Å². The van der Waals surface area contributed by atoms with Crippen LogP contribution in [0.2, 0.25) is 5.02 Å². The molecule has 3 nitrogen and oxygen atoms in total. The molecule has 3 aromatic carbocycles. The molecule has 0 saturated carbocycles. The van der Waals surface area contributed by atoms with E-state index in [1.807, 2.05) is 72.8 Å². The van der Waals surface area contributed by atoms with E-state index in [0.717, 1.165) is 21.9 Å². The Morgan fingerprint density at radius 2 is 1.63 bits per heavy atom. The number of esters is 1. The van der Waals surface area contributed by atoms with Gasteiger partial charge in [0.05, 0.1) is 6.42 Å². The minimum Gasteiger partial charge on any atom is -0.423 e. The maximum Gasteiger partial charge on any atom is 0.315 e. The Morgan fingerprint density at radius 3 is 2.37 bits per heavy atom. The minimum atomic E-state index is -0.331. The summed E-state index contributed by atoms with van der Waals surface area (Å²) in [5.74, 6) is 0.124. The molecule has 0 saturated heterocycles. The second-order valence-corrected chi connectivity index (χ2v) is 6.61.